The van der Waals surface area contributed by atoms with Gasteiger partial charge in [-0.2, -0.15) is 0 Å². The molecule has 2 heterocycles. The molecule has 1 amide bonds. The number of furan rings is 1. The number of hydrogen-bond acceptors (Lipinski definition) is 3. The molecule has 1 aliphatic rings. The van der Waals surface area contributed by atoms with Gasteiger partial charge in [0.15, 0.2) is 0 Å². The van der Waals surface area contributed by atoms with Crippen LogP contribution in [-0.2, 0) is 4.79 Å². The molecule has 0 radical (unpaired) electrons. The normalized spacial score (nSPS) is 16.4. The maximum Gasteiger partial charge on any atom is 0.227 e. The Balaban J connectivity index is 1.68. The molecule has 1 unspecified atom stereocenters. The van der Waals surface area contributed by atoms with Crippen molar-refractivity contribution in [1.29, 1.82) is 0 Å². The molecule has 2 aromatic rings. The van der Waals surface area contributed by atoms with E-state index in [9.17, 15) is 4.79 Å². The van der Waals surface area contributed by atoms with E-state index in [-0.39, 0.29) is 11.9 Å². The van der Waals surface area contributed by atoms with Crippen molar-refractivity contribution in [3.63, 3.8) is 0 Å². The van der Waals surface area contributed by atoms with Crippen LogP contribution in [0.3, 0.4) is 0 Å². The van der Waals surface area contributed by atoms with Gasteiger partial charge in [-0.15, -0.1) is 0 Å². The van der Waals surface area contributed by atoms with Crippen LogP contribution in [0.4, 0.5) is 11.4 Å². The predicted molar refractivity (Wildman–Crippen MR) is 78.8 cm³/mol. The Kier molecular flexibility index (Phi) is 3.46. The van der Waals surface area contributed by atoms with Gasteiger partial charge in [0.2, 0.25) is 5.91 Å². The first-order chi connectivity index (χ1) is 9.74. The van der Waals surface area contributed by atoms with Gasteiger partial charge in [0.05, 0.1) is 12.3 Å². The second kappa shape index (κ2) is 5.41. The molecule has 104 valence electrons. The number of amides is 1. The van der Waals surface area contributed by atoms with Crippen molar-refractivity contribution in [2.45, 2.75) is 25.8 Å². The number of benzene rings is 1. The van der Waals surface area contributed by atoms with E-state index in [4.69, 9.17) is 4.42 Å². The zero-order chi connectivity index (χ0) is 13.9. The van der Waals surface area contributed by atoms with Crippen molar-refractivity contribution in [2.75, 3.05) is 16.8 Å². The van der Waals surface area contributed by atoms with Crippen LogP contribution in [-0.4, -0.2) is 12.5 Å². The molecule has 3 rings (SSSR count). The quantitative estimate of drug-likeness (QED) is 0.923. The number of anilines is 2. The van der Waals surface area contributed by atoms with Crippen molar-refractivity contribution < 1.29 is 9.21 Å². The maximum absolute atomic E-state index is 11.7. The Hall–Kier alpha value is -2.23. The van der Waals surface area contributed by atoms with Crippen molar-refractivity contribution in [3.05, 3.63) is 48.4 Å². The van der Waals surface area contributed by atoms with Crippen molar-refractivity contribution in [2.24, 2.45) is 0 Å². The average Bonchev–Trinajstić information content (AvgIpc) is 3.11. The van der Waals surface area contributed by atoms with Crippen LogP contribution in [0.1, 0.15) is 31.6 Å². The molecule has 1 N–H and O–H groups in total. The fraction of sp³-hybridized carbons (Fsp3) is 0.312. The molecule has 0 bridgehead atoms. The van der Waals surface area contributed by atoms with Gasteiger partial charge in [-0.1, -0.05) is 0 Å². The molecule has 1 aromatic heterocycles. The molecule has 20 heavy (non-hydrogen) atoms. The second-order valence-corrected chi connectivity index (χ2v) is 5.08. The highest BCUT2D eigenvalue weighted by Gasteiger charge is 2.21. The number of carbonyl (C=O) groups excluding carboxylic acids is 1. The number of carbonyl (C=O) groups is 1. The standard InChI is InChI=1S/C16H18N2O2/c1-12(15-4-3-11-20-15)17-13-6-8-14(9-7-13)18-10-2-5-16(18)19/h3-4,6-9,11-12,17H,2,5,10H2,1H3. The van der Waals surface area contributed by atoms with Crippen molar-refractivity contribution >= 4 is 17.3 Å². The number of nitrogens with one attached hydrogen (secondary N) is 1. The summed E-state index contributed by atoms with van der Waals surface area (Å²) in [6, 6.07) is 11.9. The van der Waals surface area contributed by atoms with Gasteiger partial charge >= 0.3 is 0 Å². The fourth-order valence-corrected chi connectivity index (χ4v) is 2.52. The zero-order valence-electron chi connectivity index (χ0n) is 11.5. The van der Waals surface area contributed by atoms with Gasteiger partial charge in [0.1, 0.15) is 5.76 Å². The molecule has 0 aliphatic carbocycles. The van der Waals surface area contributed by atoms with Gasteiger partial charge in [-0.25, -0.2) is 0 Å². The smallest absolute Gasteiger partial charge is 0.227 e. The lowest BCUT2D eigenvalue weighted by atomic mass is 10.2. The SMILES string of the molecule is CC(Nc1ccc(N2CCCC2=O)cc1)c1ccco1. The Bertz CT molecular complexity index is 575. The molecule has 4 heteroatoms. The van der Waals surface area contributed by atoms with E-state index in [1.807, 2.05) is 41.3 Å². The number of rotatable bonds is 4. The molecular weight excluding hydrogens is 252 g/mol. The van der Waals surface area contributed by atoms with Crippen LogP contribution in [0.5, 0.6) is 0 Å². The van der Waals surface area contributed by atoms with Gasteiger partial charge in [-0.05, 0) is 49.7 Å². The topological polar surface area (TPSA) is 45.5 Å². The summed E-state index contributed by atoms with van der Waals surface area (Å²) in [5.41, 5.74) is 1.99. The lowest BCUT2D eigenvalue weighted by Gasteiger charge is -2.17. The zero-order valence-corrected chi connectivity index (χ0v) is 11.5. The predicted octanol–water partition coefficient (Wildman–Crippen LogP) is 3.58. The van der Waals surface area contributed by atoms with E-state index in [0.717, 1.165) is 30.1 Å². The lowest BCUT2D eigenvalue weighted by Crippen LogP contribution is -2.23. The third-order valence-electron chi connectivity index (χ3n) is 3.61. The monoisotopic (exact) mass is 270 g/mol. The van der Waals surface area contributed by atoms with E-state index >= 15 is 0 Å². The first-order valence-corrected chi connectivity index (χ1v) is 6.94. The summed E-state index contributed by atoms with van der Waals surface area (Å²) in [7, 11) is 0. The minimum atomic E-state index is 0.115. The molecule has 1 saturated heterocycles. The van der Waals surface area contributed by atoms with Crippen molar-refractivity contribution in [3.8, 4) is 0 Å². The first-order valence-electron chi connectivity index (χ1n) is 6.94. The van der Waals surface area contributed by atoms with Crippen molar-refractivity contribution in [1.82, 2.24) is 0 Å². The molecule has 1 fully saturated rings. The van der Waals surface area contributed by atoms with E-state index < -0.39 is 0 Å². The first kappa shape index (κ1) is 12.8. The highest BCUT2D eigenvalue weighted by Crippen LogP contribution is 2.25. The third kappa shape index (κ3) is 2.54. The highest BCUT2D eigenvalue weighted by molar-refractivity contribution is 5.95. The minimum absolute atomic E-state index is 0.115. The third-order valence-corrected chi connectivity index (χ3v) is 3.61. The molecular formula is C16H18N2O2. The summed E-state index contributed by atoms with van der Waals surface area (Å²) < 4.78 is 5.37. The Morgan fingerprint density at radius 1 is 1.25 bits per heavy atom. The summed E-state index contributed by atoms with van der Waals surface area (Å²) >= 11 is 0. The second-order valence-electron chi connectivity index (χ2n) is 5.08. The fourth-order valence-electron chi connectivity index (χ4n) is 2.52. The Morgan fingerprint density at radius 2 is 2.05 bits per heavy atom. The molecule has 1 atom stereocenters. The lowest BCUT2D eigenvalue weighted by molar-refractivity contribution is -0.117. The average molecular weight is 270 g/mol. The van der Waals surface area contributed by atoms with E-state index in [0.29, 0.717) is 6.42 Å². The van der Waals surface area contributed by atoms with Gasteiger partial charge in [0, 0.05) is 24.3 Å². The van der Waals surface area contributed by atoms with Crippen LogP contribution in [0.15, 0.2) is 47.1 Å². The summed E-state index contributed by atoms with van der Waals surface area (Å²) in [4.78, 5) is 13.5. The van der Waals surface area contributed by atoms with Gasteiger partial charge in [0.25, 0.3) is 0 Å². The van der Waals surface area contributed by atoms with Crippen LogP contribution >= 0.6 is 0 Å². The number of hydrogen-bond donors (Lipinski definition) is 1. The molecule has 0 spiro atoms. The molecule has 1 aliphatic heterocycles. The number of nitrogens with zero attached hydrogens (tertiary/aromatic N) is 1. The van der Waals surface area contributed by atoms with Crippen LogP contribution in [0, 0.1) is 0 Å². The Labute approximate surface area is 118 Å². The minimum Gasteiger partial charge on any atom is -0.467 e. The largest absolute Gasteiger partial charge is 0.467 e. The molecule has 4 nitrogen and oxygen atoms in total. The highest BCUT2D eigenvalue weighted by atomic mass is 16.3. The van der Waals surface area contributed by atoms with Gasteiger partial charge < -0.3 is 14.6 Å². The molecule has 0 saturated carbocycles. The van der Waals surface area contributed by atoms with Crippen LogP contribution < -0.4 is 10.2 Å². The van der Waals surface area contributed by atoms with Crippen LogP contribution in [0.25, 0.3) is 0 Å². The Morgan fingerprint density at radius 3 is 2.65 bits per heavy atom. The van der Waals surface area contributed by atoms with Crippen LogP contribution in [0.2, 0.25) is 0 Å². The summed E-state index contributed by atoms with van der Waals surface area (Å²) in [6.45, 7) is 2.88. The van der Waals surface area contributed by atoms with E-state index in [1.54, 1.807) is 6.26 Å². The maximum atomic E-state index is 11.7. The molecule has 1 aromatic carbocycles. The van der Waals surface area contributed by atoms with E-state index in [2.05, 4.69) is 12.2 Å². The van der Waals surface area contributed by atoms with Gasteiger partial charge in [-0.3, -0.25) is 4.79 Å². The summed E-state index contributed by atoms with van der Waals surface area (Å²) in [6.07, 6.45) is 3.29. The summed E-state index contributed by atoms with van der Waals surface area (Å²) in [5, 5.41) is 3.38. The summed E-state index contributed by atoms with van der Waals surface area (Å²) in [5.74, 6) is 1.12. The van der Waals surface area contributed by atoms with E-state index in [1.165, 1.54) is 0 Å².